The van der Waals surface area contributed by atoms with Crippen LogP contribution < -0.4 is 0 Å². The van der Waals surface area contributed by atoms with Gasteiger partial charge in [-0.2, -0.15) is 0 Å². The summed E-state index contributed by atoms with van der Waals surface area (Å²) in [5.41, 5.74) is 0. The monoisotopic (exact) mass is 186 g/mol. The number of thiophene rings is 1. The SMILES string of the molecule is O=Cc1ccc(C=CCCl)s1. The molecular weight excluding hydrogens is 180 g/mol. The number of alkyl halides is 1. The van der Waals surface area contributed by atoms with Crippen molar-refractivity contribution in [3.05, 3.63) is 28.0 Å². The van der Waals surface area contributed by atoms with E-state index in [4.69, 9.17) is 11.6 Å². The normalized spacial score (nSPS) is 10.6. The molecule has 1 nitrogen and oxygen atoms in total. The fourth-order valence-electron chi connectivity index (χ4n) is 0.682. The van der Waals surface area contributed by atoms with Crippen molar-refractivity contribution in [2.24, 2.45) is 0 Å². The van der Waals surface area contributed by atoms with Gasteiger partial charge in [0.05, 0.1) is 4.88 Å². The zero-order chi connectivity index (χ0) is 8.10. The Kier molecular flexibility index (Phi) is 3.33. The van der Waals surface area contributed by atoms with Crippen molar-refractivity contribution in [3.8, 4) is 0 Å². The number of allylic oxidation sites excluding steroid dienone is 1. The molecule has 0 aliphatic carbocycles. The van der Waals surface area contributed by atoms with Crippen molar-refractivity contribution in [1.29, 1.82) is 0 Å². The summed E-state index contributed by atoms with van der Waals surface area (Å²) in [7, 11) is 0. The van der Waals surface area contributed by atoms with Gasteiger partial charge in [-0.15, -0.1) is 22.9 Å². The molecule has 11 heavy (non-hydrogen) atoms. The van der Waals surface area contributed by atoms with Crippen LogP contribution in [-0.2, 0) is 0 Å². The molecule has 0 radical (unpaired) electrons. The highest BCUT2D eigenvalue weighted by atomic mass is 35.5. The van der Waals surface area contributed by atoms with Crippen LogP contribution in [0.2, 0.25) is 0 Å². The summed E-state index contributed by atoms with van der Waals surface area (Å²) in [5.74, 6) is 0.508. The number of halogens is 1. The second-order valence-electron chi connectivity index (χ2n) is 1.91. The molecule has 3 heteroatoms. The molecule has 0 saturated carbocycles. The average molecular weight is 187 g/mol. The predicted octanol–water partition coefficient (Wildman–Crippen LogP) is 2.81. The molecule has 0 N–H and O–H groups in total. The van der Waals surface area contributed by atoms with Crippen molar-refractivity contribution in [2.75, 3.05) is 5.88 Å². The number of carbonyl (C=O) groups is 1. The molecule has 0 unspecified atom stereocenters. The van der Waals surface area contributed by atoms with Gasteiger partial charge >= 0.3 is 0 Å². The van der Waals surface area contributed by atoms with Gasteiger partial charge in [-0.05, 0) is 18.2 Å². The highest BCUT2D eigenvalue weighted by molar-refractivity contribution is 7.14. The molecule has 0 aromatic carbocycles. The van der Waals surface area contributed by atoms with Crippen LogP contribution in [0.1, 0.15) is 14.5 Å². The van der Waals surface area contributed by atoms with Crippen LogP contribution in [0.3, 0.4) is 0 Å². The highest BCUT2D eigenvalue weighted by Gasteiger charge is 1.93. The largest absolute Gasteiger partial charge is 0.297 e. The summed E-state index contributed by atoms with van der Waals surface area (Å²) in [6.07, 6.45) is 4.61. The molecule has 0 aliphatic heterocycles. The molecule has 1 aromatic rings. The average Bonchev–Trinajstić information content (AvgIpc) is 2.48. The van der Waals surface area contributed by atoms with Gasteiger partial charge in [-0.1, -0.05) is 6.08 Å². The fraction of sp³-hybridized carbons (Fsp3) is 0.125. The van der Waals surface area contributed by atoms with Gasteiger partial charge in [0.2, 0.25) is 0 Å². The van der Waals surface area contributed by atoms with Gasteiger partial charge in [0.1, 0.15) is 0 Å². The third-order valence-corrected chi connectivity index (χ3v) is 2.29. The number of hydrogen-bond donors (Lipinski definition) is 0. The highest BCUT2D eigenvalue weighted by Crippen LogP contribution is 2.15. The van der Waals surface area contributed by atoms with Crippen molar-refractivity contribution in [1.82, 2.24) is 0 Å². The van der Waals surface area contributed by atoms with E-state index >= 15 is 0 Å². The first-order valence-corrected chi connectivity index (χ1v) is 4.49. The minimum absolute atomic E-state index is 0.508. The molecule has 0 fully saturated rings. The van der Waals surface area contributed by atoms with E-state index in [1.165, 1.54) is 11.3 Å². The fourth-order valence-corrected chi connectivity index (χ4v) is 1.53. The molecule has 1 heterocycles. The quantitative estimate of drug-likeness (QED) is 0.524. The van der Waals surface area contributed by atoms with Gasteiger partial charge in [0.15, 0.2) is 6.29 Å². The Balaban J connectivity index is 2.72. The maximum absolute atomic E-state index is 10.3. The van der Waals surface area contributed by atoms with Crippen molar-refractivity contribution < 1.29 is 4.79 Å². The van der Waals surface area contributed by atoms with E-state index in [-0.39, 0.29) is 0 Å². The smallest absolute Gasteiger partial charge is 0.160 e. The van der Waals surface area contributed by atoms with Gasteiger partial charge in [0.25, 0.3) is 0 Å². The predicted molar refractivity (Wildman–Crippen MR) is 49.5 cm³/mol. The lowest BCUT2D eigenvalue weighted by Gasteiger charge is -1.79. The summed E-state index contributed by atoms with van der Waals surface area (Å²) in [4.78, 5) is 12.1. The van der Waals surface area contributed by atoms with E-state index < -0.39 is 0 Å². The number of hydrogen-bond acceptors (Lipinski definition) is 2. The number of rotatable bonds is 3. The summed E-state index contributed by atoms with van der Waals surface area (Å²) < 4.78 is 0. The van der Waals surface area contributed by atoms with E-state index in [0.717, 1.165) is 16.0 Å². The summed E-state index contributed by atoms with van der Waals surface area (Å²) in [6.45, 7) is 0. The summed E-state index contributed by atoms with van der Waals surface area (Å²) in [6, 6.07) is 3.70. The minimum Gasteiger partial charge on any atom is -0.297 e. The zero-order valence-electron chi connectivity index (χ0n) is 5.79. The maximum atomic E-state index is 10.3. The Bertz CT molecular complexity index is 265. The molecular formula is C8H7ClOS. The van der Waals surface area contributed by atoms with E-state index in [9.17, 15) is 4.79 Å². The maximum Gasteiger partial charge on any atom is 0.160 e. The van der Waals surface area contributed by atoms with E-state index in [1.54, 1.807) is 6.07 Å². The van der Waals surface area contributed by atoms with E-state index in [2.05, 4.69) is 0 Å². The molecule has 0 atom stereocenters. The first kappa shape index (κ1) is 8.50. The first-order chi connectivity index (χ1) is 5.36. The van der Waals surface area contributed by atoms with Crippen molar-refractivity contribution in [2.45, 2.75) is 0 Å². The molecule has 0 bridgehead atoms. The number of carbonyl (C=O) groups excluding carboxylic acids is 1. The van der Waals surface area contributed by atoms with Gasteiger partial charge in [-0.25, -0.2) is 0 Å². The van der Waals surface area contributed by atoms with E-state index in [0.29, 0.717) is 5.88 Å². The van der Waals surface area contributed by atoms with Crippen molar-refractivity contribution in [3.63, 3.8) is 0 Å². The molecule has 0 aliphatic rings. The first-order valence-electron chi connectivity index (χ1n) is 3.14. The Hall–Kier alpha value is -0.600. The minimum atomic E-state index is 0.508. The summed E-state index contributed by atoms with van der Waals surface area (Å²) >= 11 is 6.90. The second-order valence-corrected chi connectivity index (χ2v) is 3.37. The van der Waals surface area contributed by atoms with Crippen LogP contribution >= 0.6 is 22.9 Å². The van der Waals surface area contributed by atoms with Crippen LogP contribution in [0, 0.1) is 0 Å². The Morgan fingerprint density at radius 1 is 1.45 bits per heavy atom. The lowest BCUT2D eigenvalue weighted by molar-refractivity contribution is 0.112. The van der Waals surface area contributed by atoms with Gasteiger partial charge in [0, 0.05) is 10.8 Å². The van der Waals surface area contributed by atoms with Crippen LogP contribution in [0.15, 0.2) is 18.2 Å². The van der Waals surface area contributed by atoms with Crippen LogP contribution in [0.5, 0.6) is 0 Å². The van der Waals surface area contributed by atoms with Gasteiger partial charge in [-0.3, -0.25) is 4.79 Å². The Morgan fingerprint density at radius 3 is 2.73 bits per heavy atom. The molecule has 0 spiro atoms. The Morgan fingerprint density at radius 2 is 2.18 bits per heavy atom. The lowest BCUT2D eigenvalue weighted by Crippen LogP contribution is -1.62. The number of aldehydes is 1. The topological polar surface area (TPSA) is 17.1 Å². The molecule has 0 amide bonds. The molecule has 1 rings (SSSR count). The molecule has 0 saturated heterocycles. The van der Waals surface area contributed by atoms with Crippen LogP contribution in [0.4, 0.5) is 0 Å². The third kappa shape index (κ3) is 2.48. The Labute approximate surface area is 74.3 Å². The zero-order valence-corrected chi connectivity index (χ0v) is 7.36. The van der Waals surface area contributed by atoms with Gasteiger partial charge < -0.3 is 0 Å². The standard InChI is InChI=1S/C8H7ClOS/c9-5-1-2-7-3-4-8(6-10)11-7/h1-4,6H,5H2. The van der Waals surface area contributed by atoms with Crippen molar-refractivity contribution >= 4 is 35.3 Å². The lowest BCUT2D eigenvalue weighted by atomic mass is 10.4. The van der Waals surface area contributed by atoms with Crippen LogP contribution in [-0.4, -0.2) is 12.2 Å². The second kappa shape index (κ2) is 4.31. The molecule has 58 valence electrons. The summed E-state index contributed by atoms with van der Waals surface area (Å²) in [5, 5.41) is 0. The third-order valence-electron chi connectivity index (χ3n) is 1.13. The van der Waals surface area contributed by atoms with E-state index in [1.807, 2.05) is 18.2 Å². The molecule has 1 aromatic heterocycles. The van der Waals surface area contributed by atoms with Crippen LogP contribution in [0.25, 0.3) is 6.08 Å².